The molecule has 0 spiro atoms. The molecule has 0 aromatic rings. The molecule has 5 nitrogen and oxygen atoms in total. The van der Waals surface area contributed by atoms with Crippen LogP contribution in [0.3, 0.4) is 0 Å². The Labute approximate surface area is 230 Å². The summed E-state index contributed by atoms with van der Waals surface area (Å²) >= 11 is 0. The Morgan fingerprint density at radius 3 is 1.81 bits per heavy atom. The largest absolute Gasteiger partial charge is 0.462 e. The lowest BCUT2D eigenvalue weighted by Gasteiger charge is -2.18. The second-order valence-corrected chi connectivity index (χ2v) is 10.8. The first kappa shape index (κ1) is 36.1. The number of ether oxygens (including phenoxy) is 3. The number of carbonyl (C=O) groups excluding carboxylic acids is 2. The number of ketones is 1. The van der Waals surface area contributed by atoms with Crippen LogP contribution in [0.1, 0.15) is 163 Å². The van der Waals surface area contributed by atoms with Gasteiger partial charge >= 0.3 is 5.97 Å². The van der Waals surface area contributed by atoms with Gasteiger partial charge in [-0.2, -0.15) is 0 Å². The zero-order valence-electron chi connectivity index (χ0n) is 25.2. The smallest absolute Gasteiger partial charge is 0.306 e. The second-order valence-electron chi connectivity index (χ2n) is 10.8. The Morgan fingerprint density at radius 1 is 0.595 bits per heavy atom. The molecule has 0 saturated heterocycles. The molecule has 0 saturated carbocycles. The van der Waals surface area contributed by atoms with E-state index < -0.39 is 0 Å². The van der Waals surface area contributed by atoms with E-state index in [1.165, 1.54) is 38.5 Å². The van der Waals surface area contributed by atoms with Gasteiger partial charge < -0.3 is 19.0 Å². The highest BCUT2D eigenvalue weighted by Gasteiger charge is 2.14. The van der Waals surface area contributed by atoms with Crippen molar-refractivity contribution in [3.8, 4) is 0 Å². The fourth-order valence-corrected chi connectivity index (χ4v) is 4.50. The topological polar surface area (TPSA) is 61.8 Å². The van der Waals surface area contributed by atoms with Gasteiger partial charge in [-0.3, -0.25) is 4.79 Å². The number of unbranched alkanes of at least 4 members (excludes halogenated alkanes) is 12. The van der Waals surface area contributed by atoms with Crippen molar-refractivity contribution >= 4 is 11.8 Å². The van der Waals surface area contributed by atoms with Gasteiger partial charge in [0.15, 0.2) is 0 Å². The molecular formula is C32H62O5. The maximum absolute atomic E-state index is 12.3. The minimum Gasteiger partial charge on any atom is -0.462 e. The third-order valence-corrected chi connectivity index (χ3v) is 7.01. The van der Waals surface area contributed by atoms with Crippen LogP contribution >= 0.6 is 0 Å². The van der Waals surface area contributed by atoms with Crippen molar-refractivity contribution in [3.63, 3.8) is 0 Å². The first-order valence-corrected chi connectivity index (χ1v) is 15.9. The third-order valence-electron chi connectivity index (χ3n) is 7.01. The summed E-state index contributed by atoms with van der Waals surface area (Å²) in [6.07, 6.45) is 22.8. The molecule has 0 fully saturated rings. The Bertz CT molecular complexity index is 507. The van der Waals surface area contributed by atoms with Crippen LogP contribution in [0.2, 0.25) is 0 Å². The summed E-state index contributed by atoms with van der Waals surface area (Å²) in [6, 6.07) is 0. The zero-order chi connectivity index (χ0) is 27.4. The average Bonchev–Trinajstić information content (AvgIpc) is 2.88. The molecule has 0 aliphatic carbocycles. The molecule has 0 rings (SSSR count). The Hall–Kier alpha value is -0.940. The van der Waals surface area contributed by atoms with Crippen LogP contribution in [0.4, 0.5) is 0 Å². The summed E-state index contributed by atoms with van der Waals surface area (Å²) in [5, 5.41) is 0. The van der Waals surface area contributed by atoms with Gasteiger partial charge in [-0.15, -0.1) is 0 Å². The number of Topliss-reactive ketones (excluding diaryl/α,β-unsaturated/α-hetero) is 1. The van der Waals surface area contributed by atoms with Crippen LogP contribution < -0.4 is 0 Å². The lowest BCUT2D eigenvalue weighted by Crippen LogP contribution is -2.20. The van der Waals surface area contributed by atoms with E-state index in [1.54, 1.807) is 6.92 Å². The Kier molecular flexibility index (Phi) is 27.4. The second kappa shape index (κ2) is 28.1. The fraction of sp³-hybridized carbons (Fsp3) is 0.938. The third kappa shape index (κ3) is 26.5. The van der Waals surface area contributed by atoms with Gasteiger partial charge in [-0.25, -0.2) is 0 Å². The van der Waals surface area contributed by atoms with Gasteiger partial charge in [0.1, 0.15) is 11.9 Å². The van der Waals surface area contributed by atoms with Gasteiger partial charge in [0.25, 0.3) is 0 Å². The highest BCUT2D eigenvalue weighted by Crippen LogP contribution is 2.16. The summed E-state index contributed by atoms with van der Waals surface area (Å²) in [4.78, 5) is 23.2. The number of hydrogen-bond donors (Lipinski definition) is 0. The van der Waals surface area contributed by atoms with E-state index >= 15 is 0 Å². The molecule has 5 heteroatoms. The van der Waals surface area contributed by atoms with Crippen molar-refractivity contribution in [1.82, 2.24) is 0 Å². The first-order chi connectivity index (χ1) is 18.0. The van der Waals surface area contributed by atoms with Crippen molar-refractivity contribution in [1.29, 1.82) is 0 Å². The van der Waals surface area contributed by atoms with Gasteiger partial charge in [-0.1, -0.05) is 91.4 Å². The van der Waals surface area contributed by atoms with E-state index in [0.29, 0.717) is 18.8 Å². The Morgan fingerprint density at radius 2 is 1.16 bits per heavy atom. The van der Waals surface area contributed by atoms with Crippen LogP contribution in [0.5, 0.6) is 0 Å². The molecule has 0 aliphatic rings. The fourth-order valence-electron chi connectivity index (χ4n) is 4.50. The average molecular weight is 527 g/mol. The monoisotopic (exact) mass is 526 g/mol. The van der Waals surface area contributed by atoms with E-state index in [-0.39, 0.29) is 18.2 Å². The SMILES string of the molecule is CCCCCCC(CCCC)OC(=O)CCCCCCCOCC(CC)OCCCCCCCC(C)=O. The number of esters is 1. The van der Waals surface area contributed by atoms with Crippen molar-refractivity contribution in [2.75, 3.05) is 19.8 Å². The normalized spacial score (nSPS) is 13.0. The molecule has 0 N–H and O–H groups in total. The van der Waals surface area contributed by atoms with Gasteiger partial charge in [0.2, 0.25) is 0 Å². The molecule has 2 unspecified atom stereocenters. The maximum atomic E-state index is 12.3. The van der Waals surface area contributed by atoms with Crippen LogP contribution in [-0.2, 0) is 23.8 Å². The van der Waals surface area contributed by atoms with Gasteiger partial charge in [0, 0.05) is 26.1 Å². The molecule has 0 aromatic heterocycles. The minimum atomic E-state index is -0.00137. The van der Waals surface area contributed by atoms with E-state index in [4.69, 9.17) is 14.2 Å². The lowest BCUT2D eigenvalue weighted by molar-refractivity contribution is -0.150. The number of hydrogen-bond acceptors (Lipinski definition) is 5. The van der Waals surface area contributed by atoms with Crippen LogP contribution in [-0.4, -0.2) is 43.8 Å². The van der Waals surface area contributed by atoms with Gasteiger partial charge in [0.05, 0.1) is 12.7 Å². The lowest BCUT2D eigenvalue weighted by atomic mass is 10.0. The summed E-state index contributed by atoms with van der Waals surface area (Å²) in [5.74, 6) is 0.295. The maximum Gasteiger partial charge on any atom is 0.306 e. The predicted octanol–water partition coefficient (Wildman–Crippen LogP) is 9.14. The van der Waals surface area contributed by atoms with Crippen molar-refractivity contribution in [2.24, 2.45) is 0 Å². The summed E-state index contributed by atoms with van der Waals surface area (Å²) in [5.41, 5.74) is 0. The van der Waals surface area contributed by atoms with Crippen LogP contribution in [0, 0.1) is 0 Å². The molecule has 0 aliphatic heterocycles. The van der Waals surface area contributed by atoms with Gasteiger partial charge in [-0.05, 0) is 58.3 Å². The van der Waals surface area contributed by atoms with E-state index in [1.807, 2.05) is 0 Å². The summed E-state index contributed by atoms with van der Waals surface area (Å²) in [6.45, 7) is 10.5. The quantitative estimate of drug-likeness (QED) is 0.0718. The number of rotatable bonds is 29. The molecule has 37 heavy (non-hydrogen) atoms. The standard InChI is InChI=1S/C32H62O5/c1-5-8-10-18-24-31(23-9-6-2)37-32(34)25-19-14-12-15-20-26-35-28-30(7-3)36-27-21-16-11-13-17-22-29(4)33/h30-31H,5-28H2,1-4H3. The molecule has 0 bridgehead atoms. The van der Waals surface area contributed by atoms with E-state index in [0.717, 1.165) is 103 Å². The Balaban J connectivity index is 3.65. The minimum absolute atomic E-state index is 0.00137. The van der Waals surface area contributed by atoms with Crippen molar-refractivity contribution < 1.29 is 23.8 Å². The molecule has 0 radical (unpaired) electrons. The summed E-state index contributed by atoms with van der Waals surface area (Å²) in [7, 11) is 0. The van der Waals surface area contributed by atoms with Crippen LogP contribution in [0.25, 0.3) is 0 Å². The summed E-state index contributed by atoms with van der Waals surface area (Å²) < 4.78 is 17.6. The van der Waals surface area contributed by atoms with Crippen LogP contribution in [0.15, 0.2) is 0 Å². The highest BCUT2D eigenvalue weighted by atomic mass is 16.5. The number of carbonyl (C=O) groups is 2. The zero-order valence-corrected chi connectivity index (χ0v) is 25.2. The first-order valence-electron chi connectivity index (χ1n) is 15.9. The molecule has 0 amide bonds. The van der Waals surface area contributed by atoms with E-state index in [9.17, 15) is 9.59 Å². The van der Waals surface area contributed by atoms with E-state index in [2.05, 4.69) is 20.8 Å². The van der Waals surface area contributed by atoms with Crippen molar-refractivity contribution in [2.45, 2.75) is 175 Å². The van der Waals surface area contributed by atoms with Crippen molar-refractivity contribution in [3.05, 3.63) is 0 Å². The highest BCUT2D eigenvalue weighted by molar-refractivity contribution is 5.75. The predicted molar refractivity (Wildman–Crippen MR) is 155 cm³/mol. The molecule has 2 atom stereocenters. The molecular weight excluding hydrogens is 464 g/mol. The molecule has 0 heterocycles. The molecule has 0 aromatic carbocycles. The molecule has 220 valence electrons.